The third kappa shape index (κ3) is 4.25. The van der Waals surface area contributed by atoms with Gasteiger partial charge in [0.15, 0.2) is 5.78 Å². The zero-order chi connectivity index (χ0) is 10.3. The van der Waals surface area contributed by atoms with E-state index in [1.54, 1.807) is 0 Å². The van der Waals surface area contributed by atoms with Crippen molar-refractivity contribution in [3.8, 4) is 0 Å². The minimum atomic E-state index is -0.774. The number of ketones is 1. The van der Waals surface area contributed by atoms with E-state index in [2.05, 4.69) is 9.89 Å². The molecule has 0 radical (unpaired) electrons. The van der Waals surface area contributed by atoms with Crippen molar-refractivity contribution in [2.24, 2.45) is 5.16 Å². The van der Waals surface area contributed by atoms with Crippen molar-refractivity contribution < 1.29 is 19.2 Å². The molecule has 0 amide bonds. The van der Waals surface area contributed by atoms with Crippen molar-refractivity contribution in [2.45, 2.75) is 20.3 Å². The Labute approximate surface area is 76.7 Å². The monoisotopic (exact) mass is 187 g/mol. The SMILES string of the molecule is CCCON=C(C(C)=O)C(=O)OC. The third-order valence-electron chi connectivity index (χ3n) is 1.16. The van der Waals surface area contributed by atoms with Crippen LogP contribution in [0.1, 0.15) is 20.3 Å². The fraction of sp³-hybridized carbons (Fsp3) is 0.625. The Morgan fingerprint density at radius 2 is 2.00 bits per heavy atom. The number of ether oxygens (including phenoxy) is 1. The zero-order valence-electron chi connectivity index (χ0n) is 7.99. The van der Waals surface area contributed by atoms with Crippen LogP contribution < -0.4 is 0 Å². The quantitative estimate of drug-likeness (QED) is 0.207. The molecule has 0 atom stereocenters. The van der Waals surface area contributed by atoms with Gasteiger partial charge in [0.1, 0.15) is 6.61 Å². The van der Waals surface area contributed by atoms with E-state index in [-0.39, 0.29) is 5.71 Å². The molecule has 0 N–H and O–H groups in total. The number of nitrogens with zero attached hydrogens (tertiary/aromatic N) is 1. The van der Waals surface area contributed by atoms with E-state index in [1.807, 2.05) is 6.92 Å². The average molecular weight is 187 g/mol. The molecular weight excluding hydrogens is 174 g/mol. The van der Waals surface area contributed by atoms with E-state index in [1.165, 1.54) is 14.0 Å². The second kappa shape index (κ2) is 6.16. The number of hydrogen-bond donors (Lipinski definition) is 0. The summed E-state index contributed by atoms with van der Waals surface area (Å²) in [6, 6.07) is 0. The lowest BCUT2D eigenvalue weighted by molar-refractivity contribution is -0.133. The maximum absolute atomic E-state index is 10.9. The van der Waals surface area contributed by atoms with E-state index in [0.717, 1.165) is 6.42 Å². The molecule has 0 aromatic rings. The van der Waals surface area contributed by atoms with Crippen molar-refractivity contribution in [2.75, 3.05) is 13.7 Å². The van der Waals surface area contributed by atoms with Crippen LogP contribution in [0.5, 0.6) is 0 Å². The first-order valence-corrected chi connectivity index (χ1v) is 3.92. The van der Waals surface area contributed by atoms with E-state index >= 15 is 0 Å². The van der Waals surface area contributed by atoms with Crippen LogP contribution in [0.2, 0.25) is 0 Å². The summed E-state index contributed by atoms with van der Waals surface area (Å²) in [7, 11) is 1.18. The van der Waals surface area contributed by atoms with Gasteiger partial charge in [-0.25, -0.2) is 4.79 Å². The molecule has 0 aliphatic carbocycles. The Balaban J connectivity index is 4.32. The van der Waals surface area contributed by atoms with Crippen molar-refractivity contribution in [3.05, 3.63) is 0 Å². The van der Waals surface area contributed by atoms with Gasteiger partial charge in [-0.2, -0.15) is 0 Å². The highest BCUT2D eigenvalue weighted by atomic mass is 16.6. The van der Waals surface area contributed by atoms with E-state index in [0.29, 0.717) is 6.61 Å². The molecule has 5 nitrogen and oxygen atoms in total. The smallest absolute Gasteiger partial charge is 0.363 e. The molecule has 0 rings (SSSR count). The number of hydrogen-bond acceptors (Lipinski definition) is 5. The Bertz CT molecular complexity index is 222. The predicted molar refractivity (Wildman–Crippen MR) is 46.4 cm³/mol. The molecule has 0 aliphatic rings. The van der Waals surface area contributed by atoms with Crippen LogP contribution in [0.25, 0.3) is 0 Å². The van der Waals surface area contributed by atoms with E-state index < -0.39 is 11.8 Å². The van der Waals surface area contributed by atoms with Gasteiger partial charge in [-0.3, -0.25) is 4.79 Å². The largest absolute Gasteiger partial charge is 0.464 e. The molecule has 0 unspecified atom stereocenters. The Hall–Kier alpha value is -1.39. The van der Waals surface area contributed by atoms with Gasteiger partial charge in [0.2, 0.25) is 5.71 Å². The topological polar surface area (TPSA) is 65.0 Å². The molecule has 0 aromatic carbocycles. The van der Waals surface area contributed by atoms with E-state index in [4.69, 9.17) is 4.84 Å². The summed E-state index contributed by atoms with van der Waals surface area (Å²) in [5, 5.41) is 3.38. The first-order valence-electron chi connectivity index (χ1n) is 3.92. The Morgan fingerprint density at radius 1 is 1.38 bits per heavy atom. The van der Waals surface area contributed by atoms with Gasteiger partial charge < -0.3 is 9.57 Å². The van der Waals surface area contributed by atoms with Crippen molar-refractivity contribution in [3.63, 3.8) is 0 Å². The van der Waals surface area contributed by atoms with Gasteiger partial charge in [0, 0.05) is 6.92 Å². The molecule has 5 heteroatoms. The molecule has 0 aromatic heterocycles. The summed E-state index contributed by atoms with van der Waals surface area (Å²) in [6.07, 6.45) is 0.760. The molecule has 0 saturated heterocycles. The molecule has 0 saturated carbocycles. The first-order chi connectivity index (χ1) is 6.13. The van der Waals surface area contributed by atoms with Crippen molar-refractivity contribution in [1.29, 1.82) is 0 Å². The summed E-state index contributed by atoms with van der Waals surface area (Å²) in [5.41, 5.74) is -0.309. The van der Waals surface area contributed by atoms with Crippen LogP contribution in [0.15, 0.2) is 5.16 Å². The lowest BCUT2D eigenvalue weighted by Crippen LogP contribution is -2.23. The van der Waals surface area contributed by atoms with Gasteiger partial charge in [0.25, 0.3) is 0 Å². The van der Waals surface area contributed by atoms with Crippen LogP contribution in [-0.4, -0.2) is 31.2 Å². The third-order valence-corrected chi connectivity index (χ3v) is 1.16. The van der Waals surface area contributed by atoms with Gasteiger partial charge >= 0.3 is 5.97 Å². The molecule has 0 heterocycles. The molecule has 13 heavy (non-hydrogen) atoms. The van der Waals surface area contributed by atoms with Crippen LogP contribution in [-0.2, 0) is 19.2 Å². The standard InChI is InChI=1S/C8H13NO4/c1-4-5-13-9-7(6(2)10)8(11)12-3/h4-5H2,1-3H3. The zero-order valence-corrected chi connectivity index (χ0v) is 7.99. The number of carbonyl (C=O) groups is 2. The van der Waals surface area contributed by atoms with Crippen LogP contribution >= 0.6 is 0 Å². The van der Waals surface area contributed by atoms with Gasteiger partial charge in [0.05, 0.1) is 7.11 Å². The highest BCUT2D eigenvalue weighted by Crippen LogP contribution is 1.89. The maximum atomic E-state index is 10.9. The first kappa shape index (κ1) is 11.6. The number of carbonyl (C=O) groups excluding carboxylic acids is 2. The molecule has 0 fully saturated rings. The number of Topliss-reactive ketones (excluding diaryl/α,β-unsaturated/α-hetero) is 1. The summed E-state index contributed by atoms with van der Waals surface area (Å²) < 4.78 is 4.33. The van der Waals surface area contributed by atoms with Crippen LogP contribution in [0, 0.1) is 0 Å². The second-order valence-electron chi connectivity index (χ2n) is 2.32. The van der Waals surface area contributed by atoms with Crippen molar-refractivity contribution in [1.82, 2.24) is 0 Å². The summed E-state index contributed by atoms with van der Waals surface area (Å²) in [5.74, 6) is -1.24. The maximum Gasteiger partial charge on any atom is 0.363 e. The molecular formula is C8H13NO4. The van der Waals surface area contributed by atoms with Crippen molar-refractivity contribution >= 4 is 17.5 Å². The fourth-order valence-corrected chi connectivity index (χ4v) is 0.543. The normalized spacial score (nSPS) is 10.8. The Morgan fingerprint density at radius 3 is 2.38 bits per heavy atom. The molecule has 0 bridgehead atoms. The summed E-state index contributed by atoms with van der Waals surface area (Å²) >= 11 is 0. The minimum Gasteiger partial charge on any atom is -0.464 e. The van der Waals surface area contributed by atoms with Crippen LogP contribution in [0.4, 0.5) is 0 Å². The fourth-order valence-electron chi connectivity index (χ4n) is 0.543. The molecule has 74 valence electrons. The summed E-state index contributed by atoms with van der Waals surface area (Å²) in [6.45, 7) is 3.49. The van der Waals surface area contributed by atoms with Crippen LogP contribution in [0.3, 0.4) is 0 Å². The van der Waals surface area contributed by atoms with Gasteiger partial charge in [-0.15, -0.1) is 0 Å². The Kier molecular flexibility index (Phi) is 5.50. The van der Waals surface area contributed by atoms with E-state index in [9.17, 15) is 9.59 Å². The minimum absolute atomic E-state index is 0.309. The van der Waals surface area contributed by atoms with Gasteiger partial charge in [-0.1, -0.05) is 12.1 Å². The highest BCUT2D eigenvalue weighted by Gasteiger charge is 2.17. The highest BCUT2D eigenvalue weighted by molar-refractivity contribution is 6.63. The average Bonchev–Trinajstić information content (AvgIpc) is 2.11. The summed E-state index contributed by atoms with van der Waals surface area (Å²) in [4.78, 5) is 26.4. The molecule has 0 spiro atoms. The lowest BCUT2D eigenvalue weighted by atomic mass is 10.3. The number of oxime groups is 1. The predicted octanol–water partition coefficient (Wildman–Crippen LogP) is 0.531. The number of methoxy groups -OCH3 is 1. The lowest BCUT2D eigenvalue weighted by Gasteiger charge is -2.00. The van der Waals surface area contributed by atoms with Gasteiger partial charge in [-0.05, 0) is 6.42 Å². The molecule has 0 aliphatic heterocycles. The number of esters is 1. The second-order valence-corrected chi connectivity index (χ2v) is 2.32. The number of rotatable bonds is 5.